The summed E-state index contributed by atoms with van der Waals surface area (Å²) in [7, 11) is 1.63. The summed E-state index contributed by atoms with van der Waals surface area (Å²) < 4.78 is 5.02. The largest absolute Gasteiger partial charge is 0.481 e. The van der Waals surface area contributed by atoms with Crippen molar-refractivity contribution in [1.82, 2.24) is 4.98 Å². The monoisotopic (exact) mass is 169 g/mol. The fourth-order valence-corrected chi connectivity index (χ4v) is 1.31. The van der Waals surface area contributed by atoms with E-state index in [1.54, 1.807) is 18.9 Å². The van der Waals surface area contributed by atoms with Crippen molar-refractivity contribution in [2.24, 2.45) is 0 Å². The van der Waals surface area contributed by atoms with Crippen LogP contribution in [0.3, 0.4) is 0 Å². The molecule has 0 spiro atoms. The van der Waals surface area contributed by atoms with Crippen LogP contribution in [0.25, 0.3) is 0 Å². The van der Waals surface area contributed by atoms with Crippen LogP contribution >= 0.6 is 11.8 Å². The number of methoxy groups -OCH3 is 1. The van der Waals surface area contributed by atoms with Gasteiger partial charge in [-0.25, -0.2) is 4.98 Å². The maximum absolute atomic E-state index is 5.02. The second kappa shape index (κ2) is 3.62. The predicted molar refractivity (Wildman–Crippen MR) is 47.3 cm³/mol. The molecule has 0 amide bonds. The molecule has 1 aromatic rings. The molecule has 3 heteroatoms. The van der Waals surface area contributed by atoms with Gasteiger partial charge < -0.3 is 4.74 Å². The molecule has 1 heterocycles. The molecule has 0 aliphatic carbocycles. The SMILES string of the molecule is COc1ncc(SC)cc1C. The van der Waals surface area contributed by atoms with Gasteiger partial charge in [-0.15, -0.1) is 11.8 Å². The number of aryl methyl sites for hydroxylation is 1. The number of rotatable bonds is 2. The Morgan fingerprint density at radius 2 is 2.27 bits per heavy atom. The smallest absolute Gasteiger partial charge is 0.215 e. The summed E-state index contributed by atoms with van der Waals surface area (Å²) in [6, 6.07) is 2.07. The molecule has 0 aliphatic rings. The second-order valence-corrected chi connectivity index (χ2v) is 3.08. The van der Waals surface area contributed by atoms with Crippen LogP contribution in [-0.4, -0.2) is 18.3 Å². The minimum Gasteiger partial charge on any atom is -0.481 e. The third kappa shape index (κ3) is 1.87. The van der Waals surface area contributed by atoms with Crippen LogP contribution in [0.4, 0.5) is 0 Å². The summed E-state index contributed by atoms with van der Waals surface area (Å²) in [5.41, 5.74) is 1.08. The highest BCUT2D eigenvalue weighted by Crippen LogP contribution is 2.20. The Morgan fingerprint density at radius 3 is 2.73 bits per heavy atom. The fraction of sp³-hybridized carbons (Fsp3) is 0.375. The second-order valence-electron chi connectivity index (χ2n) is 2.20. The van der Waals surface area contributed by atoms with Gasteiger partial charge in [0.1, 0.15) is 0 Å². The van der Waals surface area contributed by atoms with E-state index in [4.69, 9.17) is 4.74 Å². The zero-order chi connectivity index (χ0) is 8.27. The van der Waals surface area contributed by atoms with Crippen molar-refractivity contribution in [3.63, 3.8) is 0 Å². The van der Waals surface area contributed by atoms with E-state index < -0.39 is 0 Å². The summed E-state index contributed by atoms with van der Waals surface area (Å²) >= 11 is 1.68. The van der Waals surface area contributed by atoms with Gasteiger partial charge >= 0.3 is 0 Å². The Morgan fingerprint density at radius 1 is 1.55 bits per heavy atom. The van der Waals surface area contributed by atoms with E-state index in [0.717, 1.165) is 5.56 Å². The van der Waals surface area contributed by atoms with Crippen LogP contribution in [0, 0.1) is 6.92 Å². The average molecular weight is 169 g/mol. The van der Waals surface area contributed by atoms with E-state index in [0.29, 0.717) is 5.88 Å². The summed E-state index contributed by atoms with van der Waals surface area (Å²) in [5, 5.41) is 0. The van der Waals surface area contributed by atoms with Gasteiger partial charge in [0.05, 0.1) is 7.11 Å². The number of aromatic nitrogens is 1. The minimum atomic E-state index is 0.711. The third-order valence-electron chi connectivity index (χ3n) is 1.43. The molecular weight excluding hydrogens is 158 g/mol. The lowest BCUT2D eigenvalue weighted by Crippen LogP contribution is -1.90. The van der Waals surface area contributed by atoms with Crippen molar-refractivity contribution >= 4 is 11.8 Å². The van der Waals surface area contributed by atoms with Gasteiger partial charge in [0.2, 0.25) is 5.88 Å². The highest BCUT2D eigenvalue weighted by molar-refractivity contribution is 7.98. The zero-order valence-corrected chi connectivity index (χ0v) is 7.73. The highest BCUT2D eigenvalue weighted by Gasteiger charge is 1.99. The first-order valence-electron chi connectivity index (χ1n) is 3.32. The zero-order valence-electron chi connectivity index (χ0n) is 6.92. The van der Waals surface area contributed by atoms with Crippen molar-refractivity contribution in [3.8, 4) is 5.88 Å². The number of ether oxygens (including phenoxy) is 1. The first-order chi connectivity index (χ1) is 5.27. The number of nitrogens with zero attached hydrogens (tertiary/aromatic N) is 1. The molecule has 0 radical (unpaired) electrons. The Labute approximate surface area is 71.0 Å². The third-order valence-corrected chi connectivity index (χ3v) is 2.13. The van der Waals surface area contributed by atoms with E-state index in [1.807, 2.05) is 19.4 Å². The van der Waals surface area contributed by atoms with Gasteiger partial charge in [-0.2, -0.15) is 0 Å². The molecule has 0 atom stereocenters. The standard InChI is InChI=1S/C8H11NOS/c1-6-4-7(11-3)5-9-8(6)10-2/h4-5H,1-3H3. The quantitative estimate of drug-likeness (QED) is 0.633. The van der Waals surface area contributed by atoms with Gasteiger partial charge in [-0.05, 0) is 19.2 Å². The summed E-state index contributed by atoms with van der Waals surface area (Å²) in [4.78, 5) is 5.29. The highest BCUT2D eigenvalue weighted by atomic mass is 32.2. The van der Waals surface area contributed by atoms with Crippen molar-refractivity contribution in [3.05, 3.63) is 17.8 Å². The first kappa shape index (κ1) is 8.40. The maximum atomic E-state index is 5.02. The van der Waals surface area contributed by atoms with Crippen molar-refractivity contribution in [2.75, 3.05) is 13.4 Å². The minimum absolute atomic E-state index is 0.711. The molecule has 1 aromatic heterocycles. The van der Waals surface area contributed by atoms with Crippen molar-refractivity contribution in [1.29, 1.82) is 0 Å². The van der Waals surface area contributed by atoms with Crippen LogP contribution in [0.15, 0.2) is 17.2 Å². The van der Waals surface area contributed by atoms with Crippen molar-refractivity contribution in [2.45, 2.75) is 11.8 Å². The predicted octanol–water partition coefficient (Wildman–Crippen LogP) is 2.12. The lowest BCUT2D eigenvalue weighted by Gasteiger charge is -2.03. The van der Waals surface area contributed by atoms with Gasteiger partial charge in [-0.3, -0.25) is 0 Å². The molecule has 60 valence electrons. The number of hydrogen-bond acceptors (Lipinski definition) is 3. The molecular formula is C8H11NOS. The Bertz CT molecular complexity index is 250. The van der Waals surface area contributed by atoms with Crippen LogP contribution in [0.1, 0.15) is 5.56 Å². The summed E-state index contributed by atoms with van der Waals surface area (Å²) in [5.74, 6) is 0.711. The average Bonchev–Trinajstić information content (AvgIpc) is 2.04. The molecule has 0 saturated heterocycles. The van der Waals surface area contributed by atoms with E-state index in [9.17, 15) is 0 Å². The molecule has 0 aromatic carbocycles. The van der Waals surface area contributed by atoms with Crippen molar-refractivity contribution < 1.29 is 4.74 Å². The lowest BCUT2D eigenvalue weighted by molar-refractivity contribution is 0.394. The molecule has 11 heavy (non-hydrogen) atoms. The Hall–Kier alpha value is -0.700. The Balaban J connectivity index is 2.99. The molecule has 0 unspecified atom stereocenters. The number of hydrogen-bond donors (Lipinski definition) is 0. The molecule has 0 aliphatic heterocycles. The summed E-state index contributed by atoms with van der Waals surface area (Å²) in [6.07, 6.45) is 3.85. The van der Waals surface area contributed by atoms with Crippen LogP contribution in [-0.2, 0) is 0 Å². The van der Waals surface area contributed by atoms with Gasteiger partial charge in [0.15, 0.2) is 0 Å². The lowest BCUT2D eigenvalue weighted by atomic mass is 10.3. The molecule has 0 saturated carbocycles. The normalized spacial score (nSPS) is 9.73. The van der Waals surface area contributed by atoms with Crippen LogP contribution < -0.4 is 4.74 Å². The number of pyridine rings is 1. The van der Waals surface area contributed by atoms with E-state index >= 15 is 0 Å². The van der Waals surface area contributed by atoms with E-state index in [1.165, 1.54) is 4.90 Å². The first-order valence-corrected chi connectivity index (χ1v) is 4.55. The van der Waals surface area contributed by atoms with Crippen LogP contribution in [0.5, 0.6) is 5.88 Å². The summed E-state index contributed by atoms with van der Waals surface area (Å²) in [6.45, 7) is 1.99. The maximum Gasteiger partial charge on any atom is 0.215 e. The molecule has 2 nitrogen and oxygen atoms in total. The van der Waals surface area contributed by atoms with E-state index in [2.05, 4.69) is 11.1 Å². The van der Waals surface area contributed by atoms with Gasteiger partial charge in [0.25, 0.3) is 0 Å². The topological polar surface area (TPSA) is 22.1 Å². The molecule has 0 fully saturated rings. The molecule has 0 N–H and O–H groups in total. The van der Waals surface area contributed by atoms with E-state index in [-0.39, 0.29) is 0 Å². The molecule has 0 bridgehead atoms. The van der Waals surface area contributed by atoms with Gasteiger partial charge in [-0.1, -0.05) is 0 Å². The Kier molecular flexibility index (Phi) is 2.76. The molecule has 1 rings (SSSR count). The van der Waals surface area contributed by atoms with Gasteiger partial charge in [0, 0.05) is 16.7 Å². The fourth-order valence-electron chi connectivity index (χ4n) is 0.862. The van der Waals surface area contributed by atoms with Crippen LogP contribution in [0.2, 0.25) is 0 Å². The number of thioether (sulfide) groups is 1.